The second-order valence-electron chi connectivity index (χ2n) is 5.97. The maximum Gasteiger partial charge on any atom is 0.00392 e. The second-order valence-corrected chi connectivity index (χ2v) is 5.97. The Hall–Kier alpha value is -0.860. The molecule has 0 spiro atoms. The average Bonchev–Trinajstić information content (AvgIpc) is 2.94. The molecule has 2 fully saturated rings. The van der Waals surface area contributed by atoms with Crippen LogP contribution in [0, 0.1) is 0 Å². The normalized spacial score (nSPS) is 32.6. The summed E-state index contributed by atoms with van der Waals surface area (Å²) in [5.41, 5.74) is 9.01. The Bertz CT molecular complexity index is 371. The van der Waals surface area contributed by atoms with Gasteiger partial charge in [-0.3, -0.25) is 0 Å². The van der Waals surface area contributed by atoms with Gasteiger partial charge in [0, 0.05) is 12.6 Å². The minimum atomic E-state index is 0.449. The van der Waals surface area contributed by atoms with E-state index in [9.17, 15) is 0 Å². The molecule has 0 amide bonds. The lowest BCUT2D eigenvalue weighted by atomic mass is 9.81. The molecule has 0 radical (unpaired) electrons. The van der Waals surface area contributed by atoms with Gasteiger partial charge in [0.2, 0.25) is 0 Å². The second kappa shape index (κ2) is 5.41. The lowest BCUT2D eigenvalue weighted by Gasteiger charge is -2.26. The van der Waals surface area contributed by atoms with Gasteiger partial charge in [-0.05, 0) is 61.6 Å². The zero-order chi connectivity index (χ0) is 12.4. The van der Waals surface area contributed by atoms with Crippen molar-refractivity contribution in [3.63, 3.8) is 0 Å². The van der Waals surface area contributed by atoms with Crippen LogP contribution in [0.15, 0.2) is 24.3 Å². The number of hydrogen-bond acceptors (Lipinski definition) is 2. The molecule has 1 heterocycles. The highest BCUT2D eigenvalue weighted by Crippen LogP contribution is 2.33. The number of nitrogens with two attached hydrogens (primary N) is 1. The van der Waals surface area contributed by atoms with Crippen LogP contribution in [0.2, 0.25) is 0 Å². The number of rotatable bonds is 2. The standard InChI is InChI=1S/C16H24N2/c17-16-7-5-13(6-8-16)12-1-3-14(4-2-12)15-9-10-18-11-15/h1-4,13,15-16,18H,5-11,17H2. The minimum absolute atomic E-state index is 0.449. The SMILES string of the molecule is NC1CCC(c2ccc(C3CCNC3)cc2)CC1. The summed E-state index contributed by atoms with van der Waals surface area (Å²) in [5, 5.41) is 3.44. The Balaban J connectivity index is 1.67. The van der Waals surface area contributed by atoms with Gasteiger partial charge in [0.1, 0.15) is 0 Å². The van der Waals surface area contributed by atoms with Crippen molar-refractivity contribution in [2.24, 2.45) is 5.73 Å². The fourth-order valence-electron chi connectivity index (χ4n) is 3.43. The van der Waals surface area contributed by atoms with Crippen LogP contribution in [0.3, 0.4) is 0 Å². The zero-order valence-electron chi connectivity index (χ0n) is 11.1. The lowest BCUT2D eigenvalue weighted by Crippen LogP contribution is -2.25. The summed E-state index contributed by atoms with van der Waals surface area (Å²) in [5.74, 6) is 1.49. The highest BCUT2D eigenvalue weighted by atomic mass is 14.9. The van der Waals surface area contributed by atoms with Gasteiger partial charge in [-0.1, -0.05) is 24.3 Å². The largest absolute Gasteiger partial charge is 0.328 e. The van der Waals surface area contributed by atoms with Crippen molar-refractivity contribution < 1.29 is 0 Å². The lowest BCUT2D eigenvalue weighted by molar-refractivity contribution is 0.395. The minimum Gasteiger partial charge on any atom is -0.328 e. The Kier molecular flexibility index (Phi) is 3.67. The summed E-state index contributed by atoms with van der Waals surface area (Å²) in [6.45, 7) is 2.32. The van der Waals surface area contributed by atoms with Gasteiger partial charge >= 0.3 is 0 Å². The van der Waals surface area contributed by atoms with Crippen molar-refractivity contribution >= 4 is 0 Å². The molecule has 0 aromatic heterocycles. The molecule has 2 nitrogen and oxygen atoms in total. The van der Waals surface area contributed by atoms with Crippen LogP contribution in [-0.2, 0) is 0 Å². The van der Waals surface area contributed by atoms with E-state index in [4.69, 9.17) is 5.73 Å². The van der Waals surface area contributed by atoms with Gasteiger partial charge in [0.05, 0.1) is 0 Å². The first-order valence-electron chi connectivity index (χ1n) is 7.39. The molecule has 1 saturated carbocycles. The van der Waals surface area contributed by atoms with Gasteiger partial charge in [0.15, 0.2) is 0 Å². The monoisotopic (exact) mass is 244 g/mol. The number of hydrogen-bond donors (Lipinski definition) is 2. The van der Waals surface area contributed by atoms with Gasteiger partial charge in [-0.15, -0.1) is 0 Å². The van der Waals surface area contributed by atoms with Crippen molar-refractivity contribution in [2.45, 2.75) is 50.0 Å². The van der Waals surface area contributed by atoms with Crippen LogP contribution in [-0.4, -0.2) is 19.1 Å². The first-order valence-corrected chi connectivity index (χ1v) is 7.39. The highest BCUT2D eigenvalue weighted by molar-refractivity contribution is 5.28. The van der Waals surface area contributed by atoms with E-state index in [1.54, 1.807) is 0 Å². The topological polar surface area (TPSA) is 38.0 Å². The van der Waals surface area contributed by atoms with Crippen LogP contribution in [0.1, 0.15) is 55.1 Å². The van der Waals surface area contributed by atoms with E-state index in [1.807, 2.05) is 0 Å². The van der Waals surface area contributed by atoms with E-state index < -0.39 is 0 Å². The Labute approximate surface area is 110 Å². The van der Waals surface area contributed by atoms with Crippen molar-refractivity contribution in [1.29, 1.82) is 0 Å². The molecule has 18 heavy (non-hydrogen) atoms. The third kappa shape index (κ3) is 2.60. The average molecular weight is 244 g/mol. The van der Waals surface area contributed by atoms with Crippen molar-refractivity contribution in [3.05, 3.63) is 35.4 Å². The maximum atomic E-state index is 5.97. The summed E-state index contributed by atoms with van der Waals surface area (Å²) >= 11 is 0. The zero-order valence-corrected chi connectivity index (χ0v) is 11.1. The smallest absolute Gasteiger partial charge is 0.00392 e. The van der Waals surface area contributed by atoms with E-state index in [-0.39, 0.29) is 0 Å². The molecule has 1 saturated heterocycles. The third-order valence-electron chi connectivity index (χ3n) is 4.71. The first-order chi connectivity index (χ1) is 8.83. The van der Waals surface area contributed by atoms with Gasteiger partial charge in [-0.2, -0.15) is 0 Å². The molecule has 1 atom stereocenters. The van der Waals surface area contributed by atoms with Crippen LogP contribution in [0.4, 0.5) is 0 Å². The molecular formula is C16H24N2. The summed E-state index contributed by atoms with van der Waals surface area (Å²) < 4.78 is 0. The van der Waals surface area contributed by atoms with Crippen molar-refractivity contribution in [1.82, 2.24) is 5.32 Å². The third-order valence-corrected chi connectivity index (χ3v) is 4.71. The maximum absolute atomic E-state index is 5.97. The molecule has 2 heteroatoms. The van der Waals surface area contributed by atoms with E-state index in [0.717, 1.165) is 18.4 Å². The number of nitrogens with one attached hydrogen (secondary N) is 1. The van der Waals surface area contributed by atoms with Crippen LogP contribution < -0.4 is 11.1 Å². The summed E-state index contributed by atoms with van der Waals surface area (Å²) in [7, 11) is 0. The van der Waals surface area contributed by atoms with Gasteiger partial charge < -0.3 is 11.1 Å². The Morgan fingerprint density at radius 2 is 1.44 bits per heavy atom. The molecule has 1 aliphatic carbocycles. The fraction of sp³-hybridized carbons (Fsp3) is 0.625. The molecule has 2 aliphatic rings. The summed E-state index contributed by atoms with van der Waals surface area (Å²) in [6.07, 6.45) is 6.21. The van der Waals surface area contributed by atoms with E-state index >= 15 is 0 Å². The first kappa shape index (κ1) is 12.2. The summed E-state index contributed by atoms with van der Waals surface area (Å²) in [6, 6.07) is 9.86. The van der Waals surface area contributed by atoms with Gasteiger partial charge in [0.25, 0.3) is 0 Å². The predicted octanol–water partition coefficient (Wildman–Crippen LogP) is 2.75. The molecule has 0 bridgehead atoms. The van der Waals surface area contributed by atoms with Crippen LogP contribution in [0.5, 0.6) is 0 Å². The van der Waals surface area contributed by atoms with E-state index in [1.165, 1.54) is 49.8 Å². The van der Waals surface area contributed by atoms with Gasteiger partial charge in [-0.25, -0.2) is 0 Å². The molecule has 1 aliphatic heterocycles. The van der Waals surface area contributed by atoms with Crippen molar-refractivity contribution in [2.75, 3.05) is 13.1 Å². The van der Waals surface area contributed by atoms with Crippen molar-refractivity contribution in [3.8, 4) is 0 Å². The molecule has 3 N–H and O–H groups in total. The molecular weight excluding hydrogens is 220 g/mol. The predicted molar refractivity (Wildman–Crippen MR) is 75.9 cm³/mol. The highest BCUT2D eigenvalue weighted by Gasteiger charge is 2.21. The molecule has 1 aromatic carbocycles. The Morgan fingerprint density at radius 3 is 2.00 bits per heavy atom. The van der Waals surface area contributed by atoms with E-state index in [2.05, 4.69) is 29.6 Å². The molecule has 3 rings (SSSR count). The number of benzene rings is 1. The van der Waals surface area contributed by atoms with Crippen LogP contribution in [0.25, 0.3) is 0 Å². The molecule has 1 aromatic rings. The van der Waals surface area contributed by atoms with Crippen LogP contribution >= 0.6 is 0 Å². The molecule has 1 unspecified atom stereocenters. The Morgan fingerprint density at radius 1 is 0.833 bits per heavy atom. The quantitative estimate of drug-likeness (QED) is 0.839. The molecule has 98 valence electrons. The van der Waals surface area contributed by atoms with E-state index in [0.29, 0.717) is 6.04 Å². The fourth-order valence-corrected chi connectivity index (χ4v) is 3.43. The summed E-state index contributed by atoms with van der Waals surface area (Å²) in [4.78, 5) is 0.